The fourth-order valence-corrected chi connectivity index (χ4v) is 2.19. The van der Waals surface area contributed by atoms with E-state index in [1.807, 2.05) is 0 Å². The van der Waals surface area contributed by atoms with Crippen LogP contribution in [-0.4, -0.2) is 11.1 Å². The van der Waals surface area contributed by atoms with Crippen molar-refractivity contribution in [2.24, 2.45) is 5.41 Å². The first-order valence-electron chi connectivity index (χ1n) is 5.71. The number of aliphatic hydroxyl groups excluding tert-OH is 1. The minimum absolute atomic E-state index is 0.0491. The SMILES string of the molecule is CC1=C(O)C(C)(C)C(c2ccccc2F)OC1=O. The molecule has 2 rings (SSSR count). The zero-order chi connectivity index (χ0) is 13.5. The van der Waals surface area contributed by atoms with Crippen LogP contribution in [0.25, 0.3) is 0 Å². The molecule has 96 valence electrons. The maximum atomic E-state index is 13.8. The van der Waals surface area contributed by atoms with Gasteiger partial charge in [-0.15, -0.1) is 0 Å². The summed E-state index contributed by atoms with van der Waals surface area (Å²) in [6, 6.07) is 6.10. The molecule has 1 N–H and O–H groups in total. The van der Waals surface area contributed by atoms with Gasteiger partial charge in [-0.05, 0) is 26.8 Å². The number of esters is 1. The molecule has 18 heavy (non-hydrogen) atoms. The number of benzene rings is 1. The molecular formula is C14H15FO3. The van der Waals surface area contributed by atoms with Crippen molar-refractivity contribution in [3.05, 3.63) is 47.0 Å². The highest BCUT2D eigenvalue weighted by atomic mass is 19.1. The van der Waals surface area contributed by atoms with Crippen LogP contribution >= 0.6 is 0 Å². The molecule has 1 aromatic rings. The Kier molecular flexibility index (Phi) is 2.89. The first-order valence-corrected chi connectivity index (χ1v) is 5.71. The molecule has 0 amide bonds. The molecule has 0 spiro atoms. The van der Waals surface area contributed by atoms with Crippen LogP contribution in [0.2, 0.25) is 0 Å². The van der Waals surface area contributed by atoms with Crippen LogP contribution in [0.3, 0.4) is 0 Å². The number of hydrogen-bond acceptors (Lipinski definition) is 3. The molecule has 1 atom stereocenters. The summed E-state index contributed by atoms with van der Waals surface area (Å²) in [6.07, 6.45) is -0.824. The molecule has 0 aromatic heterocycles. The van der Waals surface area contributed by atoms with Gasteiger partial charge >= 0.3 is 5.97 Å². The summed E-state index contributed by atoms with van der Waals surface area (Å²) in [5, 5.41) is 10.1. The third-order valence-corrected chi connectivity index (χ3v) is 3.34. The average Bonchev–Trinajstić information content (AvgIpc) is 2.33. The van der Waals surface area contributed by atoms with Crippen molar-refractivity contribution in [2.45, 2.75) is 26.9 Å². The predicted molar refractivity (Wildman–Crippen MR) is 64.3 cm³/mol. The van der Waals surface area contributed by atoms with Crippen molar-refractivity contribution in [2.75, 3.05) is 0 Å². The van der Waals surface area contributed by atoms with Gasteiger partial charge in [0.2, 0.25) is 0 Å². The van der Waals surface area contributed by atoms with Crippen molar-refractivity contribution in [1.29, 1.82) is 0 Å². The van der Waals surface area contributed by atoms with Crippen molar-refractivity contribution in [3.8, 4) is 0 Å². The van der Waals surface area contributed by atoms with E-state index in [0.717, 1.165) is 0 Å². The second kappa shape index (κ2) is 4.12. The van der Waals surface area contributed by atoms with Gasteiger partial charge in [-0.2, -0.15) is 0 Å². The Balaban J connectivity index is 2.54. The predicted octanol–water partition coefficient (Wildman–Crippen LogP) is 3.28. The van der Waals surface area contributed by atoms with Gasteiger partial charge in [0.25, 0.3) is 0 Å². The molecule has 0 radical (unpaired) electrons. The van der Waals surface area contributed by atoms with E-state index >= 15 is 0 Å². The van der Waals surface area contributed by atoms with Crippen LogP contribution in [0.4, 0.5) is 4.39 Å². The molecule has 0 aliphatic carbocycles. The van der Waals surface area contributed by atoms with E-state index < -0.39 is 23.3 Å². The number of hydrogen-bond donors (Lipinski definition) is 1. The van der Waals surface area contributed by atoms with Gasteiger partial charge < -0.3 is 9.84 Å². The number of carbonyl (C=O) groups is 1. The third kappa shape index (κ3) is 1.78. The molecule has 1 aliphatic heterocycles. The Morgan fingerprint density at radius 3 is 2.56 bits per heavy atom. The monoisotopic (exact) mass is 250 g/mol. The van der Waals surface area contributed by atoms with E-state index in [0.29, 0.717) is 0 Å². The molecule has 1 aromatic carbocycles. The molecule has 1 heterocycles. The number of aliphatic hydroxyl groups is 1. The van der Waals surface area contributed by atoms with Crippen LogP contribution in [0.15, 0.2) is 35.6 Å². The highest BCUT2D eigenvalue weighted by molar-refractivity contribution is 5.89. The fourth-order valence-electron chi connectivity index (χ4n) is 2.19. The largest absolute Gasteiger partial charge is 0.511 e. The van der Waals surface area contributed by atoms with Crippen molar-refractivity contribution in [3.63, 3.8) is 0 Å². The zero-order valence-electron chi connectivity index (χ0n) is 10.5. The molecular weight excluding hydrogens is 235 g/mol. The summed E-state index contributed by atoms with van der Waals surface area (Å²) in [4.78, 5) is 11.6. The lowest BCUT2D eigenvalue weighted by Gasteiger charge is -2.37. The van der Waals surface area contributed by atoms with Crippen LogP contribution < -0.4 is 0 Å². The summed E-state index contributed by atoms with van der Waals surface area (Å²) in [5.74, 6) is -1.11. The Hall–Kier alpha value is -1.84. The van der Waals surface area contributed by atoms with Crippen molar-refractivity contribution in [1.82, 2.24) is 0 Å². The number of halogens is 1. The normalized spacial score (nSPS) is 22.9. The minimum Gasteiger partial charge on any atom is -0.511 e. The van der Waals surface area contributed by atoms with Gasteiger partial charge in [0.05, 0.1) is 11.0 Å². The van der Waals surface area contributed by atoms with Gasteiger partial charge in [-0.1, -0.05) is 18.2 Å². The van der Waals surface area contributed by atoms with E-state index in [-0.39, 0.29) is 16.9 Å². The molecule has 1 aliphatic rings. The average molecular weight is 250 g/mol. The molecule has 3 nitrogen and oxygen atoms in total. The highest BCUT2D eigenvalue weighted by Crippen LogP contribution is 2.46. The lowest BCUT2D eigenvalue weighted by atomic mass is 9.77. The quantitative estimate of drug-likeness (QED) is 0.778. The highest BCUT2D eigenvalue weighted by Gasteiger charge is 2.44. The van der Waals surface area contributed by atoms with E-state index in [1.165, 1.54) is 13.0 Å². The summed E-state index contributed by atoms with van der Waals surface area (Å²) in [6.45, 7) is 4.93. The van der Waals surface area contributed by atoms with Gasteiger partial charge in [0.1, 0.15) is 17.7 Å². The second-order valence-corrected chi connectivity index (χ2v) is 5.00. The maximum Gasteiger partial charge on any atom is 0.337 e. The van der Waals surface area contributed by atoms with Crippen molar-refractivity contribution >= 4 is 5.97 Å². The Morgan fingerprint density at radius 2 is 1.94 bits per heavy atom. The molecule has 4 heteroatoms. The van der Waals surface area contributed by atoms with E-state index in [4.69, 9.17) is 4.74 Å². The van der Waals surface area contributed by atoms with Gasteiger partial charge in [-0.3, -0.25) is 0 Å². The molecule has 0 saturated heterocycles. The number of ether oxygens (including phenoxy) is 1. The third-order valence-electron chi connectivity index (χ3n) is 3.34. The molecule has 1 unspecified atom stereocenters. The standard InChI is InChI=1S/C14H15FO3/c1-8-11(16)14(2,3)12(18-13(8)17)9-6-4-5-7-10(9)15/h4-7,12,16H,1-3H3. The summed E-state index contributed by atoms with van der Waals surface area (Å²) in [7, 11) is 0. The van der Waals surface area contributed by atoms with E-state index in [9.17, 15) is 14.3 Å². The van der Waals surface area contributed by atoms with E-state index in [1.54, 1.807) is 32.0 Å². The maximum absolute atomic E-state index is 13.8. The smallest absolute Gasteiger partial charge is 0.337 e. The number of carbonyl (C=O) groups excluding carboxylic acids is 1. The van der Waals surface area contributed by atoms with Crippen LogP contribution in [0.5, 0.6) is 0 Å². The number of rotatable bonds is 1. The summed E-state index contributed by atoms with van der Waals surface area (Å²) < 4.78 is 19.0. The second-order valence-electron chi connectivity index (χ2n) is 5.00. The van der Waals surface area contributed by atoms with E-state index in [2.05, 4.69) is 0 Å². The summed E-state index contributed by atoms with van der Waals surface area (Å²) >= 11 is 0. The van der Waals surface area contributed by atoms with Crippen LogP contribution in [0.1, 0.15) is 32.4 Å². The lowest BCUT2D eigenvalue weighted by molar-refractivity contribution is -0.155. The molecule has 0 saturated carbocycles. The molecule has 0 bridgehead atoms. The van der Waals surface area contributed by atoms with Gasteiger partial charge in [-0.25, -0.2) is 9.18 Å². The van der Waals surface area contributed by atoms with Crippen LogP contribution in [0, 0.1) is 11.2 Å². The van der Waals surface area contributed by atoms with Gasteiger partial charge in [0, 0.05) is 5.56 Å². The Bertz CT molecular complexity index is 532. The fraction of sp³-hybridized carbons (Fsp3) is 0.357. The van der Waals surface area contributed by atoms with Crippen molar-refractivity contribution < 1.29 is 19.0 Å². The van der Waals surface area contributed by atoms with Crippen LogP contribution in [-0.2, 0) is 9.53 Å². The Morgan fingerprint density at radius 1 is 1.33 bits per heavy atom. The first kappa shape index (κ1) is 12.6. The minimum atomic E-state index is -0.847. The zero-order valence-corrected chi connectivity index (χ0v) is 10.5. The number of cyclic esters (lactones) is 1. The summed E-state index contributed by atoms with van der Waals surface area (Å²) in [5.41, 5.74) is -0.400. The molecule has 0 fully saturated rings. The Labute approximate surface area is 105 Å². The topological polar surface area (TPSA) is 46.5 Å². The lowest BCUT2D eigenvalue weighted by Crippen LogP contribution is -2.35. The first-order chi connectivity index (χ1) is 8.35. The van der Waals surface area contributed by atoms with Gasteiger partial charge in [0.15, 0.2) is 0 Å².